The molecule has 110 valence electrons. The summed E-state index contributed by atoms with van der Waals surface area (Å²) >= 11 is 0. The zero-order chi connectivity index (χ0) is 15.3. The molecule has 0 saturated carbocycles. The maximum absolute atomic E-state index is 10.7. The van der Waals surface area contributed by atoms with Crippen LogP contribution >= 0.6 is 0 Å². The standard InChI is InChI=1S/C17H24O3/c1-11(2)10-20-16-7-6-14(9-15(16)12(3)4)13(5)8-17(18)19/h6-9,11-12H,10H2,1-5H3,(H,18,19)/b13-8+. The van der Waals surface area contributed by atoms with Gasteiger partial charge in [0.2, 0.25) is 0 Å². The molecule has 0 aliphatic rings. The van der Waals surface area contributed by atoms with Gasteiger partial charge in [-0.2, -0.15) is 0 Å². The molecular formula is C17H24O3. The summed E-state index contributed by atoms with van der Waals surface area (Å²) in [4.78, 5) is 10.7. The molecule has 1 aromatic carbocycles. The van der Waals surface area contributed by atoms with Gasteiger partial charge in [-0.05, 0) is 47.6 Å². The van der Waals surface area contributed by atoms with Crippen LogP contribution in [0, 0.1) is 5.92 Å². The van der Waals surface area contributed by atoms with Gasteiger partial charge in [0.1, 0.15) is 5.75 Å². The summed E-state index contributed by atoms with van der Waals surface area (Å²) < 4.78 is 5.84. The summed E-state index contributed by atoms with van der Waals surface area (Å²) in [7, 11) is 0. The minimum atomic E-state index is -0.922. The lowest BCUT2D eigenvalue weighted by Crippen LogP contribution is -2.07. The predicted molar refractivity (Wildman–Crippen MR) is 82.2 cm³/mol. The van der Waals surface area contributed by atoms with E-state index >= 15 is 0 Å². The predicted octanol–water partition coefficient (Wildman–Crippen LogP) is 4.33. The fourth-order valence-corrected chi connectivity index (χ4v) is 1.90. The van der Waals surface area contributed by atoms with E-state index in [4.69, 9.17) is 9.84 Å². The highest BCUT2D eigenvalue weighted by Gasteiger charge is 2.11. The minimum Gasteiger partial charge on any atom is -0.493 e. The molecule has 0 spiro atoms. The largest absolute Gasteiger partial charge is 0.493 e. The van der Waals surface area contributed by atoms with Crippen LogP contribution in [-0.2, 0) is 4.79 Å². The molecule has 0 amide bonds. The number of rotatable bonds is 6. The highest BCUT2D eigenvalue weighted by atomic mass is 16.5. The number of hydrogen-bond acceptors (Lipinski definition) is 2. The molecule has 1 rings (SSSR count). The third-order valence-electron chi connectivity index (χ3n) is 3.00. The summed E-state index contributed by atoms with van der Waals surface area (Å²) in [5.41, 5.74) is 2.78. The highest BCUT2D eigenvalue weighted by Crippen LogP contribution is 2.30. The van der Waals surface area contributed by atoms with E-state index in [-0.39, 0.29) is 0 Å². The fraction of sp³-hybridized carbons (Fsp3) is 0.471. The molecule has 0 atom stereocenters. The van der Waals surface area contributed by atoms with E-state index in [0.29, 0.717) is 18.4 Å². The Labute approximate surface area is 121 Å². The van der Waals surface area contributed by atoms with Crippen molar-refractivity contribution in [1.29, 1.82) is 0 Å². The van der Waals surface area contributed by atoms with Crippen LogP contribution in [0.3, 0.4) is 0 Å². The Morgan fingerprint density at radius 1 is 1.30 bits per heavy atom. The number of benzene rings is 1. The topological polar surface area (TPSA) is 46.5 Å². The van der Waals surface area contributed by atoms with Crippen LogP contribution in [0.2, 0.25) is 0 Å². The van der Waals surface area contributed by atoms with E-state index in [9.17, 15) is 4.79 Å². The van der Waals surface area contributed by atoms with E-state index in [1.165, 1.54) is 6.08 Å². The summed E-state index contributed by atoms with van der Waals surface area (Å²) in [5, 5.41) is 8.82. The SMILES string of the molecule is C/C(=C\C(=O)O)c1ccc(OCC(C)C)c(C(C)C)c1. The number of ether oxygens (including phenoxy) is 1. The first-order chi connectivity index (χ1) is 9.31. The lowest BCUT2D eigenvalue weighted by molar-refractivity contribution is -0.131. The quantitative estimate of drug-likeness (QED) is 0.786. The number of allylic oxidation sites excluding steroid dienone is 1. The molecule has 0 aliphatic heterocycles. The summed E-state index contributed by atoms with van der Waals surface area (Å²) in [6.45, 7) is 10.9. The molecule has 0 fully saturated rings. The number of carboxylic acid groups (broad SMARTS) is 1. The molecule has 0 radical (unpaired) electrons. The average Bonchev–Trinajstić information content (AvgIpc) is 2.35. The normalized spacial score (nSPS) is 12.1. The van der Waals surface area contributed by atoms with E-state index in [1.807, 2.05) is 25.1 Å². The molecule has 0 aromatic heterocycles. The molecule has 0 saturated heterocycles. The van der Waals surface area contributed by atoms with Crippen molar-refractivity contribution in [2.24, 2.45) is 5.92 Å². The maximum Gasteiger partial charge on any atom is 0.328 e. The number of aliphatic carboxylic acids is 1. The molecule has 20 heavy (non-hydrogen) atoms. The molecule has 3 nitrogen and oxygen atoms in total. The second-order valence-electron chi connectivity index (χ2n) is 5.78. The molecule has 0 bridgehead atoms. The zero-order valence-electron chi connectivity index (χ0n) is 12.9. The van der Waals surface area contributed by atoms with Crippen LogP contribution in [0.1, 0.15) is 51.7 Å². The molecule has 0 aliphatic carbocycles. The summed E-state index contributed by atoms with van der Waals surface area (Å²) in [5.74, 6) is 0.771. The monoisotopic (exact) mass is 276 g/mol. The first kappa shape index (κ1) is 16.3. The van der Waals surface area contributed by atoms with Gasteiger partial charge in [-0.3, -0.25) is 0 Å². The van der Waals surface area contributed by atoms with Crippen molar-refractivity contribution in [3.8, 4) is 5.75 Å². The van der Waals surface area contributed by atoms with E-state index in [1.54, 1.807) is 0 Å². The Morgan fingerprint density at radius 3 is 2.45 bits per heavy atom. The average molecular weight is 276 g/mol. The molecular weight excluding hydrogens is 252 g/mol. The smallest absolute Gasteiger partial charge is 0.328 e. The molecule has 1 N–H and O–H groups in total. The van der Waals surface area contributed by atoms with Crippen molar-refractivity contribution in [3.05, 3.63) is 35.4 Å². The van der Waals surface area contributed by atoms with Crippen molar-refractivity contribution in [3.63, 3.8) is 0 Å². The highest BCUT2D eigenvalue weighted by molar-refractivity contribution is 5.89. The lowest BCUT2D eigenvalue weighted by atomic mass is 9.96. The maximum atomic E-state index is 10.7. The van der Waals surface area contributed by atoms with Crippen molar-refractivity contribution >= 4 is 11.5 Å². The molecule has 1 aromatic rings. The second-order valence-corrected chi connectivity index (χ2v) is 5.78. The van der Waals surface area contributed by atoms with Gasteiger partial charge in [-0.1, -0.05) is 33.8 Å². The van der Waals surface area contributed by atoms with Gasteiger partial charge in [0.25, 0.3) is 0 Å². The Balaban J connectivity index is 3.10. The van der Waals surface area contributed by atoms with Gasteiger partial charge in [0.15, 0.2) is 0 Å². The van der Waals surface area contributed by atoms with Crippen molar-refractivity contribution in [2.45, 2.75) is 40.5 Å². The second kappa shape index (κ2) is 7.13. The van der Waals surface area contributed by atoms with Crippen LogP contribution in [0.25, 0.3) is 5.57 Å². The van der Waals surface area contributed by atoms with Crippen LogP contribution in [0.15, 0.2) is 24.3 Å². The van der Waals surface area contributed by atoms with Gasteiger partial charge in [-0.25, -0.2) is 4.79 Å². The minimum absolute atomic E-state index is 0.328. The summed E-state index contributed by atoms with van der Waals surface area (Å²) in [6.07, 6.45) is 1.23. The number of hydrogen-bond donors (Lipinski definition) is 1. The van der Waals surface area contributed by atoms with Gasteiger partial charge in [0, 0.05) is 6.08 Å². The number of carboxylic acids is 1. The first-order valence-corrected chi connectivity index (χ1v) is 6.99. The van der Waals surface area contributed by atoms with Gasteiger partial charge in [-0.15, -0.1) is 0 Å². The van der Waals surface area contributed by atoms with E-state index in [0.717, 1.165) is 22.4 Å². The Kier molecular flexibility index (Phi) is 5.81. The molecule has 0 unspecified atom stereocenters. The molecule has 3 heteroatoms. The first-order valence-electron chi connectivity index (χ1n) is 6.99. The third kappa shape index (κ3) is 4.72. The molecule has 0 heterocycles. The van der Waals surface area contributed by atoms with E-state index in [2.05, 4.69) is 27.7 Å². The summed E-state index contributed by atoms with van der Waals surface area (Å²) in [6, 6.07) is 5.87. The zero-order valence-corrected chi connectivity index (χ0v) is 12.9. The van der Waals surface area contributed by atoms with Crippen molar-refractivity contribution < 1.29 is 14.6 Å². The Hall–Kier alpha value is -1.77. The number of carbonyl (C=O) groups is 1. The Morgan fingerprint density at radius 2 is 1.95 bits per heavy atom. The fourth-order valence-electron chi connectivity index (χ4n) is 1.90. The van der Waals surface area contributed by atoms with Crippen LogP contribution in [-0.4, -0.2) is 17.7 Å². The van der Waals surface area contributed by atoms with Crippen LogP contribution in [0.4, 0.5) is 0 Å². The van der Waals surface area contributed by atoms with E-state index < -0.39 is 5.97 Å². The van der Waals surface area contributed by atoms with Gasteiger partial charge >= 0.3 is 5.97 Å². The van der Waals surface area contributed by atoms with Crippen molar-refractivity contribution in [1.82, 2.24) is 0 Å². The van der Waals surface area contributed by atoms with Crippen molar-refractivity contribution in [2.75, 3.05) is 6.61 Å². The lowest BCUT2D eigenvalue weighted by Gasteiger charge is -2.17. The van der Waals surface area contributed by atoms with Crippen LogP contribution < -0.4 is 4.74 Å². The third-order valence-corrected chi connectivity index (χ3v) is 3.00. The van der Waals surface area contributed by atoms with Gasteiger partial charge in [0.05, 0.1) is 6.61 Å². The van der Waals surface area contributed by atoms with Gasteiger partial charge < -0.3 is 9.84 Å². The van der Waals surface area contributed by atoms with Crippen LogP contribution in [0.5, 0.6) is 5.75 Å². The Bertz CT molecular complexity index is 499.